The highest BCUT2D eigenvalue weighted by atomic mass is 16.2. The molecule has 7 nitrogen and oxygen atoms in total. The third-order valence-corrected chi connectivity index (χ3v) is 1.99. The molecule has 0 saturated carbocycles. The summed E-state index contributed by atoms with van der Waals surface area (Å²) >= 11 is 0. The molecular weight excluding hydrogens is 222 g/mol. The molecule has 0 spiro atoms. The quantitative estimate of drug-likeness (QED) is 0.501. The third-order valence-electron chi connectivity index (χ3n) is 1.99. The van der Waals surface area contributed by atoms with E-state index in [0.29, 0.717) is 13.0 Å². The molecule has 0 fully saturated rings. The van der Waals surface area contributed by atoms with Gasteiger partial charge < -0.3 is 10.6 Å². The largest absolute Gasteiger partial charge is 0.348 e. The maximum absolute atomic E-state index is 11.2. The van der Waals surface area contributed by atoms with Gasteiger partial charge in [-0.2, -0.15) is 10.4 Å². The topological polar surface area (TPSA) is 99.8 Å². The number of nitrogens with zero attached hydrogens (tertiary/aromatic N) is 3. The van der Waals surface area contributed by atoms with Crippen molar-refractivity contribution in [1.29, 1.82) is 5.26 Å². The summed E-state index contributed by atoms with van der Waals surface area (Å²) in [5, 5.41) is 16.8. The zero-order valence-corrected chi connectivity index (χ0v) is 9.43. The van der Waals surface area contributed by atoms with E-state index in [1.165, 1.54) is 0 Å². The number of rotatable bonds is 4. The molecule has 2 N–H and O–H groups in total. The van der Waals surface area contributed by atoms with Gasteiger partial charge in [0.05, 0.1) is 12.3 Å². The monoisotopic (exact) mass is 235 g/mol. The van der Waals surface area contributed by atoms with E-state index >= 15 is 0 Å². The van der Waals surface area contributed by atoms with Gasteiger partial charge in [0.15, 0.2) is 0 Å². The summed E-state index contributed by atoms with van der Waals surface area (Å²) in [7, 11) is 1.80. The maximum atomic E-state index is 11.2. The van der Waals surface area contributed by atoms with Gasteiger partial charge in [-0.15, -0.1) is 0 Å². The number of amides is 2. The standard InChI is InChI=1S/C10H13N5O2/c1-15-7-8(6-14-15)2-4-12-9(16)10(17)13-5-3-11/h6-7H,2,4-5H2,1H3,(H,12,16)(H,13,17). The minimum Gasteiger partial charge on any atom is -0.348 e. The Morgan fingerprint density at radius 1 is 1.47 bits per heavy atom. The van der Waals surface area contributed by atoms with Crippen molar-refractivity contribution < 1.29 is 9.59 Å². The van der Waals surface area contributed by atoms with Crippen LogP contribution in [0.4, 0.5) is 0 Å². The number of aromatic nitrogens is 2. The fourth-order valence-electron chi connectivity index (χ4n) is 1.20. The lowest BCUT2D eigenvalue weighted by atomic mass is 10.2. The van der Waals surface area contributed by atoms with E-state index < -0.39 is 11.8 Å². The van der Waals surface area contributed by atoms with Gasteiger partial charge in [0.2, 0.25) is 0 Å². The van der Waals surface area contributed by atoms with Gasteiger partial charge >= 0.3 is 11.8 Å². The van der Waals surface area contributed by atoms with Crippen LogP contribution in [0.1, 0.15) is 5.56 Å². The molecule has 17 heavy (non-hydrogen) atoms. The van der Waals surface area contributed by atoms with Crippen LogP contribution in [0.25, 0.3) is 0 Å². The van der Waals surface area contributed by atoms with Crippen LogP contribution in [-0.4, -0.2) is 34.7 Å². The molecule has 1 aromatic heterocycles. The molecule has 1 rings (SSSR count). The van der Waals surface area contributed by atoms with Gasteiger partial charge in [-0.1, -0.05) is 0 Å². The summed E-state index contributed by atoms with van der Waals surface area (Å²) in [5.74, 6) is -1.53. The van der Waals surface area contributed by atoms with Crippen LogP contribution in [0.15, 0.2) is 12.4 Å². The number of carbonyl (C=O) groups excluding carboxylic acids is 2. The van der Waals surface area contributed by atoms with Crippen LogP contribution in [0.5, 0.6) is 0 Å². The molecule has 0 aromatic carbocycles. The van der Waals surface area contributed by atoms with Crippen LogP contribution in [0, 0.1) is 11.3 Å². The summed E-state index contributed by atoms with van der Waals surface area (Å²) in [4.78, 5) is 22.2. The summed E-state index contributed by atoms with van der Waals surface area (Å²) in [6, 6.07) is 1.72. The average Bonchev–Trinajstić information content (AvgIpc) is 2.71. The Labute approximate surface area is 98.4 Å². The molecule has 0 aliphatic rings. The molecule has 0 aliphatic heterocycles. The first kappa shape index (κ1) is 12.7. The highest BCUT2D eigenvalue weighted by Crippen LogP contribution is 1.95. The van der Waals surface area contributed by atoms with Crippen molar-refractivity contribution in [3.05, 3.63) is 18.0 Å². The van der Waals surface area contributed by atoms with Crippen molar-refractivity contribution in [2.75, 3.05) is 13.1 Å². The molecule has 0 unspecified atom stereocenters. The van der Waals surface area contributed by atoms with Crippen LogP contribution >= 0.6 is 0 Å². The molecule has 0 aliphatic carbocycles. The Bertz CT molecular complexity index is 446. The first-order chi connectivity index (χ1) is 8.13. The van der Waals surface area contributed by atoms with Crippen molar-refractivity contribution in [2.45, 2.75) is 6.42 Å². The summed E-state index contributed by atoms with van der Waals surface area (Å²) < 4.78 is 1.66. The molecule has 7 heteroatoms. The second-order valence-electron chi connectivity index (χ2n) is 3.37. The third kappa shape index (κ3) is 4.34. The van der Waals surface area contributed by atoms with E-state index in [1.807, 2.05) is 6.20 Å². The SMILES string of the molecule is Cn1cc(CCNC(=O)C(=O)NCC#N)cn1. The Kier molecular flexibility index (Phi) is 4.69. The zero-order valence-electron chi connectivity index (χ0n) is 9.43. The second kappa shape index (κ2) is 6.27. The fourth-order valence-corrected chi connectivity index (χ4v) is 1.20. The molecule has 0 atom stereocenters. The van der Waals surface area contributed by atoms with Crippen molar-refractivity contribution >= 4 is 11.8 Å². The number of nitrogens with one attached hydrogen (secondary N) is 2. The number of hydrogen-bond donors (Lipinski definition) is 2. The molecule has 1 heterocycles. The molecule has 0 saturated heterocycles. The lowest BCUT2D eigenvalue weighted by Gasteiger charge is -2.02. The highest BCUT2D eigenvalue weighted by molar-refractivity contribution is 6.35. The lowest BCUT2D eigenvalue weighted by Crippen LogP contribution is -2.40. The Morgan fingerprint density at radius 2 is 2.18 bits per heavy atom. The molecule has 0 bridgehead atoms. The van der Waals surface area contributed by atoms with Gasteiger partial charge in [0, 0.05) is 19.8 Å². The summed E-state index contributed by atoms with van der Waals surface area (Å²) in [6.45, 7) is 0.180. The van der Waals surface area contributed by atoms with Gasteiger partial charge in [-0.25, -0.2) is 0 Å². The van der Waals surface area contributed by atoms with E-state index in [1.54, 1.807) is 24.0 Å². The van der Waals surface area contributed by atoms with Gasteiger partial charge in [-0.3, -0.25) is 14.3 Å². The first-order valence-electron chi connectivity index (χ1n) is 5.04. The highest BCUT2D eigenvalue weighted by Gasteiger charge is 2.11. The maximum Gasteiger partial charge on any atom is 0.310 e. The van der Waals surface area contributed by atoms with Gasteiger partial charge in [0.25, 0.3) is 0 Å². The number of carbonyl (C=O) groups is 2. The number of nitriles is 1. The second-order valence-corrected chi connectivity index (χ2v) is 3.37. The number of aryl methyl sites for hydroxylation is 1. The summed E-state index contributed by atoms with van der Waals surface area (Å²) in [6.07, 6.45) is 4.13. The average molecular weight is 235 g/mol. The molecule has 0 radical (unpaired) electrons. The predicted molar refractivity (Wildman–Crippen MR) is 58.5 cm³/mol. The molecule has 90 valence electrons. The minimum absolute atomic E-state index is 0.172. The molecular formula is C10H13N5O2. The molecule has 2 amide bonds. The normalized spacial score (nSPS) is 9.41. The van der Waals surface area contributed by atoms with Crippen molar-refractivity contribution in [3.63, 3.8) is 0 Å². The smallest absolute Gasteiger partial charge is 0.310 e. The summed E-state index contributed by atoms with van der Waals surface area (Å²) in [5.41, 5.74) is 0.977. The van der Waals surface area contributed by atoms with Crippen LogP contribution in [0.2, 0.25) is 0 Å². The van der Waals surface area contributed by atoms with Crippen LogP contribution in [0.3, 0.4) is 0 Å². The van der Waals surface area contributed by atoms with Gasteiger partial charge in [0.1, 0.15) is 6.54 Å². The van der Waals surface area contributed by atoms with Crippen LogP contribution < -0.4 is 10.6 Å². The van der Waals surface area contributed by atoms with E-state index in [4.69, 9.17) is 5.26 Å². The Hall–Kier alpha value is -2.36. The zero-order chi connectivity index (χ0) is 12.7. The predicted octanol–water partition coefficient (Wildman–Crippen LogP) is -1.28. The van der Waals surface area contributed by atoms with E-state index in [0.717, 1.165) is 5.56 Å². The van der Waals surface area contributed by atoms with Crippen molar-refractivity contribution in [1.82, 2.24) is 20.4 Å². The van der Waals surface area contributed by atoms with E-state index in [-0.39, 0.29) is 6.54 Å². The lowest BCUT2D eigenvalue weighted by molar-refractivity contribution is -0.139. The van der Waals surface area contributed by atoms with Crippen molar-refractivity contribution in [3.8, 4) is 6.07 Å². The Balaban J connectivity index is 2.24. The van der Waals surface area contributed by atoms with Gasteiger partial charge in [-0.05, 0) is 12.0 Å². The van der Waals surface area contributed by atoms with E-state index in [9.17, 15) is 9.59 Å². The minimum atomic E-state index is -0.794. The molecule has 1 aromatic rings. The van der Waals surface area contributed by atoms with E-state index in [2.05, 4.69) is 15.7 Å². The van der Waals surface area contributed by atoms with Crippen LogP contribution in [-0.2, 0) is 23.1 Å². The number of hydrogen-bond acceptors (Lipinski definition) is 4. The fraction of sp³-hybridized carbons (Fsp3) is 0.400. The first-order valence-corrected chi connectivity index (χ1v) is 5.04. The van der Waals surface area contributed by atoms with Crippen molar-refractivity contribution in [2.24, 2.45) is 7.05 Å². The Morgan fingerprint density at radius 3 is 2.76 bits per heavy atom.